The SMILES string of the molecule is CCn1nc(C)cc1-c1nn2c(-c3ccc(Br)cc3F)nnc2s1. The molecule has 6 nitrogen and oxygen atoms in total. The number of hydrogen-bond donors (Lipinski definition) is 0. The van der Waals surface area contributed by atoms with Crippen LogP contribution in [-0.4, -0.2) is 29.6 Å². The van der Waals surface area contributed by atoms with Crippen LogP contribution in [0.5, 0.6) is 0 Å². The summed E-state index contributed by atoms with van der Waals surface area (Å²) in [6.45, 7) is 4.72. The van der Waals surface area contributed by atoms with Gasteiger partial charge in [0, 0.05) is 11.0 Å². The van der Waals surface area contributed by atoms with Crippen molar-refractivity contribution in [3.8, 4) is 22.1 Å². The first kappa shape index (κ1) is 15.4. The number of benzene rings is 1. The fourth-order valence-electron chi connectivity index (χ4n) is 2.52. The molecule has 3 aromatic heterocycles. The van der Waals surface area contributed by atoms with Crippen LogP contribution in [0.3, 0.4) is 0 Å². The Morgan fingerprint density at radius 2 is 2.04 bits per heavy atom. The summed E-state index contributed by atoms with van der Waals surface area (Å²) < 4.78 is 18.4. The first-order valence-electron chi connectivity index (χ1n) is 7.29. The van der Waals surface area contributed by atoms with Crippen LogP contribution in [0.25, 0.3) is 27.1 Å². The van der Waals surface area contributed by atoms with Crippen LogP contribution < -0.4 is 0 Å². The van der Waals surface area contributed by atoms with Gasteiger partial charge in [0.15, 0.2) is 10.8 Å². The molecular formula is C15H12BrFN6S. The molecule has 3 heterocycles. The van der Waals surface area contributed by atoms with Crippen LogP contribution in [0.2, 0.25) is 0 Å². The molecule has 0 aliphatic rings. The summed E-state index contributed by atoms with van der Waals surface area (Å²) in [4.78, 5) is 0.615. The third kappa shape index (κ3) is 2.44. The van der Waals surface area contributed by atoms with Gasteiger partial charge in [-0.3, -0.25) is 4.68 Å². The van der Waals surface area contributed by atoms with Crippen molar-refractivity contribution in [2.24, 2.45) is 0 Å². The highest BCUT2D eigenvalue weighted by Gasteiger charge is 2.19. The second kappa shape index (κ2) is 5.75. The van der Waals surface area contributed by atoms with E-state index >= 15 is 0 Å². The maximum absolute atomic E-state index is 14.2. The van der Waals surface area contributed by atoms with Crippen molar-refractivity contribution < 1.29 is 4.39 Å². The summed E-state index contributed by atoms with van der Waals surface area (Å²) in [6, 6.07) is 6.81. The van der Waals surface area contributed by atoms with Gasteiger partial charge in [0.25, 0.3) is 0 Å². The molecule has 0 saturated carbocycles. The van der Waals surface area contributed by atoms with Gasteiger partial charge in [0.05, 0.1) is 17.0 Å². The van der Waals surface area contributed by atoms with E-state index < -0.39 is 0 Å². The Bertz CT molecular complexity index is 1050. The van der Waals surface area contributed by atoms with Gasteiger partial charge in [0.2, 0.25) is 4.96 Å². The molecule has 122 valence electrons. The third-order valence-corrected chi connectivity index (χ3v) is 5.00. The van der Waals surface area contributed by atoms with E-state index in [1.807, 2.05) is 24.6 Å². The highest BCUT2D eigenvalue weighted by molar-refractivity contribution is 9.10. The Hall–Kier alpha value is -2.13. The maximum Gasteiger partial charge on any atom is 0.235 e. The van der Waals surface area contributed by atoms with Gasteiger partial charge in [-0.15, -0.1) is 10.2 Å². The van der Waals surface area contributed by atoms with Crippen molar-refractivity contribution in [1.82, 2.24) is 29.6 Å². The lowest BCUT2D eigenvalue weighted by atomic mass is 10.2. The molecule has 0 spiro atoms. The predicted molar refractivity (Wildman–Crippen MR) is 93.4 cm³/mol. The van der Waals surface area contributed by atoms with Gasteiger partial charge < -0.3 is 0 Å². The van der Waals surface area contributed by atoms with E-state index in [1.165, 1.54) is 17.4 Å². The van der Waals surface area contributed by atoms with Crippen molar-refractivity contribution in [1.29, 1.82) is 0 Å². The molecule has 0 radical (unpaired) electrons. The van der Waals surface area contributed by atoms with E-state index in [9.17, 15) is 4.39 Å². The van der Waals surface area contributed by atoms with Gasteiger partial charge in [-0.05, 0) is 38.1 Å². The molecule has 0 fully saturated rings. The molecule has 4 aromatic rings. The van der Waals surface area contributed by atoms with E-state index in [2.05, 4.69) is 36.3 Å². The van der Waals surface area contributed by atoms with Gasteiger partial charge in [-0.1, -0.05) is 27.3 Å². The Morgan fingerprint density at radius 3 is 2.79 bits per heavy atom. The van der Waals surface area contributed by atoms with Crippen molar-refractivity contribution >= 4 is 32.2 Å². The predicted octanol–water partition coefficient (Wildman–Crippen LogP) is 3.95. The molecule has 0 amide bonds. The minimum Gasteiger partial charge on any atom is -0.262 e. The highest BCUT2D eigenvalue weighted by atomic mass is 79.9. The summed E-state index contributed by atoms with van der Waals surface area (Å²) in [7, 11) is 0. The van der Waals surface area contributed by atoms with Crippen LogP contribution in [0.4, 0.5) is 4.39 Å². The zero-order chi connectivity index (χ0) is 16.8. The lowest BCUT2D eigenvalue weighted by Gasteiger charge is -2.01. The average molecular weight is 407 g/mol. The molecule has 0 saturated heterocycles. The van der Waals surface area contributed by atoms with E-state index in [0.29, 0.717) is 20.8 Å². The first-order chi connectivity index (χ1) is 11.6. The Labute approximate surface area is 149 Å². The molecule has 0 atom stereocenters. The second-order valence-electron chi connectivity index (χ2n) is 5.24. The van der Waals surface area contributed by atoms with Crippen molar-refractivity contribution in [2.75, 3.05) is 0 Å². The number of fused-ring (bicyclic) bond motifs is 1. The largest absolute Gasteiger partial charge is 0.262 e. The van der Waals surface area contributed by atoms with Crippen LogP contribution in [0.15, 0.2) is 28.7 Å². The van der Waals surface area contributed by atoms with E-state index in [0.717, 1.165) is 22.9 Å². The fourth-order valence-corrected chi connectivity index (χ4v) is 3.71. The lowest BCUT2D eigenvalue weighted by Crippen LogP contribution is -2.00. The summed E-state index contributed by atoms with van der Waals surface area (Å²) in [5, 5.41) is 18.0. The summed E-state index contributed by atoms with van der Waals surface area (Å²) >= 11 is 4.66. The Kier molecular flexibility index (Phi) is 3.69. The van der Waals surface area contributed by atoms with E-state index in [1.54, 1.807) is 16.6 Å². The summed E-state index contributed by atoms with van der Waals surface area (Å²) in [5.41, 5.74) is 2.22. The standard InChI is InChI=1S/C15H12BrFN6S/c1-3-22-12(6-8(2)20-22)14-21-23-13(18-19-15(23)24-14)10-5-4-9(16)7-11(10)17/h4-7H,3H2,1-2H3. The number of aryl methyl sites for hydroxylation is 2. The highest BCUT2D eigenvalue weighted by Crippen LogP contribution is 2.30. The molecule has 0 aliphatic heterocycles. The Balaban J connectivity index is 1.87. The van der Waals surface area contributed by atoms with Crippen molar-refractivity contribution in [3.63, 3.8) is 0 Å². The zero-order valence-electron chi connectivity index (χ0n) is 12.9. The van der Waals surface area contributed by atoms with Crippen LogP contribution in [0, 0.1) is 12.7 Å². The molecular weight excluding hydrogens is 395 g/mol. The Morgan fingerprint density at radius 1 is 1.21 bits per heavy atom. The third-order valence-electron chi connectivity index (χ3n) is 3.58. The van der Waals surface area contributed by atoms with Gasteiger partial charge in [0.1, 0.15) is 5.82 Å². The average Bonchev–Trinajstić information content (AvgIpc) is 3.20. The molecule has 24 heavy (non-hydrogen) atoms. The second-order valence-corrected chi connectivity index (χ2v) is 7.11. The molecule has 1 aromatic carbocycles. The summed E-state index contributed by atoms with van der Waals surface area (Å²) in [6.07, 6.45) is 0. The minimum atomic E-state index is -0.373. The number of nitrogens with zero attached hydrogens (tertiary/aromatic N) is 6. The number of aromatic nitrogens is 6. The smallest absolute Gasteiger partial charge is 0.235 e. The molecule has 4 rings (SSSR count). The fraction of sp³-hybridized carbons (Fsp3) is 0.200. The lowest BCUT2D eigenvalue weighted by molar-refractivity contribution is 0.628. The van der Waals surface area contributed by atoms with Gasteiger partial charge in [-0.25, -0.2) is 4.39 Å². The van der Waals surface area contributed by atoms with E-state index in [-0.39, 0.29) is 5.82 Å². The number of halogens is 2. The van der Waals surface area contributed by atoms with Crippen LogP contribution >= 0.6 is 27.3 Å². The van der Waals surface area contributed by atoms with Crippen molar-refractivity contribution in [2.45, 2.75) is 20.4 Å². The molecule has 0 aliphatic carbocycles. The first-order valence-corrected chi connectivity index (χ1v) is 8.90. The van der Waals surface area contributed by atoms with Crippen molar-refractivity contribution in [3.05, 3.63) is 40.2 Å². The quantitative estimate of drug-likeness (QED) is 0.516. The molecule has 9 heteroatoms. The maximum atomic E-state index is 14.2. The van der Waals surface area contributed by atoms with Crippen LogP contribution in [-0.2, 0) is 6.54 Å². The number of hydrogen-bond acceptors (Lipinski definition) is 5. The molecule has 0 unspecified atom stereocenters. The van der Waals surface area contributed by atoms with Crippen LogP contribution in [0.1, 0.15) is 12.6 Å². The minimum absolute atomic E-state index is 0.364. The summed E-state index contributed by atoms with van der Waals surface area (Å²) in [5.74, 6) is 0.0134. The molecule has 0 bridgehead atoms. The van der Waals surface area contributed by atoms with Gasteiger partial charge in [-0.2, -0.15) is 14.7 Å². The topological polar surface area (TPSA) is 60.9 Å². The van der Waals surface area contributed by atoms with Gasteiger partial charge >= 0.3 is 0 Å². The normalized spacial score (nSPS) is 11.5. The van der Waals surface area contributed by atoms with E-state index in [4.69, 9.17) is 0 Å². The number of rotatable bonds is 3. The molecule has 0 N–H and O–H groups in total. The monoisotopic (exact) mass is 406 g/mol. The zero-order valence-corrected chi connectivity index (χ0v) is 15.3.